The molecule has 0 saturated heterocycles. The van der Waals surface area contributed by atoms with E-state index >= 15 is 0 Å². The van der Waals surface area contributed by atoms with Gasteiger partial charge in [0.05, 0.1) is 47.2 Å². The molecular formula is C20H26BrN3OS. The number of aromatic amines is 1. The van der Waals surface area contributed by atoms with Gasteiger partial charge in [-0.1, -0.05) is 30.3 Å². The lowest BCUT2D eigenvalue weighted by molar-refractivity contribution is -0.00000633. The molecule has 0 aliphatic rings. The lowest BCUT2D eigenvalue weighted by Crippen LogP contribution is -3.00. The number of aromatic nitrogens is 2. The minimum Gasteiger partial charge on any atom is -1.00 e. The molecule has 1 unspecified atom stereocenters. The topological polar surface area (TPSA) is 45.8 Å². The third kappa shape index (κ3) is 3.92. The molecule has 0 radical (unpaired) electrons. The van der Waals surface area contributed by atoms with Crippen LogP contribution < -0.4 is 21.5 Å². The van der Waals surface area contributed by atoms with Gasteiger partial charge in [-0.3, -0.25) is 8.69 Å². The lowest BCUT2D eigenvalue weighted by Gasteiger charge is -2.36. The van der Waals surface area contributed by atoms with Gasteiger partial charge in [0.1, 0.15) is 5.69 Å². The van der Waals surface area contributed by atoms with Crippen molar-refractivity contribution in [1.82, 2.24) is 14.5 Å². The van der Waals surface area contributed by atoms with Crippen LogP contribution in [0.2, 0.25) is 0 Å². The summed E-state index contributed by atoms with van der Waals surface area (Å²) in [6.07, 6.45) is 0. The number of para-hydroxylation sites is 3. The van der Waals surface area contributed by atoms with Crippen molar-refractivity contribution in [2.45, 2.75) is 31.7 Å². The highest BCUT2D eigenvalue weighted by Crippen LogP contribution is 2.29. The number of hydrogen-bond acceptors (Lipinski definition) is 2. The first-order valence-corrected chi connectivity index (χ1v) is 10.2. The Bertz CT molecular complexity index is 848. The zero-order valence-electron chi connectivity index (χ0n) is 15.5. The summed E-state index contributed by atoms with van der Waals surface area (Å²) in [6, 6.07) is 16.2. The minimum atomic E-state index is -1.19. The highest BCUT2D eigenvalue weighted by Gasteiger charge is 2.28. The Labute approximate surface area is 168 Å². The Morgan fingerprint density at radius 3 is 2.23 bits per heavy atom. The van der Waals surface area contributed by atoms with Crippen LogP contribution in [0.1, 0.15) is 26.3 Å². The predicted molar refractivity (Wildman–Crippen MR) is 106 cm³/mol. The summed E-state index contributed by atoms with van der Waals surface area (Å²) >= 11 is 0. The van der Waals surface area contributed by atoms with Crippen LogP contribution in [0.5, 0.6) is 0 Å². The van der Waals surface area contributed by atoms with E-state index in [1.165, 1.54) is 5.69 Å². The van der Waals surface area contributed by atoms with Crippen LogP contribution in [0.4, 0.5) is 5.69 Å². The number of nitrogens with zero attached hydrogens (tertiary/aromatic N) is 2. The number of imidazole rings is 1. The van der Waals surface area contributed by atoms with E-state index in [-0.39, 0.29) is 17.0 Å². The van der Waals surface area contributed by atoms with Crippen molar-refractivity contribution in [3.63, 3.8) is 0 Å². The first kappa shape index (κ1) is 20.8. The highest BCUT2D eigenvalue weighted by atomic mass is 79.9. The van der Waals surface area contributed by atoms with Crippen LogP contribution in [-0.4, -0.2) is 33.8 Å². The van der Waals surface area contributed by atoms with Crippen LogP contribution in [0, 0.1) is 0 Å². The number of benzene rings is 2. The van der Waals surface area contributed by atoms with E-state index in [0.717, 1.165) is 40.7 Å². The van der Waals surface area contributed by atoms with Gasteiger partial charge in [-0.2, -0.15) is 0 Å². The van der Waals surface area contributed by atoms with Crippen molar-refractivity contribution in [3.05, 3.63) is 54.1 Å². The molecule has 0 amide bonds. The van der Waals surface area contributed by atoms with E-state index in [9.17, 15) is 4.21 Å². The third-order valence-electron chi connectivity index (χ3n) is 5.19. The lowest BCUT2D eigenvalue weighted by atomic mass is 10.1. The molecule has 0 aliphatic heterocycles. The number of hydrogen-bond donors (Lipinski definition) is 1. The molecule has 0 fully saturated rings. The normalized spacial score (nSPS) is 12.7. The molecule has 2 aromatic carbocycles. The molecule has 1 N–H and O–H groups in total. The van der Waals surface area contributed by atoms with Gasteiger partial charge in [0, 0.05) is 5.56 Å². The largest absolute Gasteiger partial charge is 1.00 e. The standard InChI is InChI=1S/C20H26N3OS.BrH/c1-4-23(5-2,6-3)19-14-10-7-11-16(19)15-25(24)20-21-17-12-8-9-13-18(17)22-20;/h7-14H,4-6,15H2,1-3H3,(H,21,22);1H/q+1;/p-1. The molecule has 1 atom stereocenters. The number of quaternary nitrogens is 1. The number of H-pyrrole nitrogens is 1. The van der Waals surface area contributed by atoms with Gasteiger partial charge in [0.15, 0.2) is 5.16 Å². The summed E-state index contributed by atoms with van der Waals surface area (Å²) < 4.78 is 13.8. The van der Waals surface area contributed by atoms with E-state index in [2.05, 4.69) is 48.9 Å². The highest BCUT2D eigenvalue weighted by molar-refractivity contribution is 7.84. The Hall–Kier alpha value is -1.50. The monoisotopic (exact) mass is 435 g/mol. The van der Waals surface area contributed by atoms with Crippen LogP contribution in [0.3, 0.4) is 0 Å². The molecule has 3 rings (SSSR count). The molecule has 0 spiro atoms. The maximum Gasteiger partial charge on any atom is 0.197 e. The predicted octanol–water partition coefficient (Wildman–Crippen LogP) is 1.24. The van der Waals surface area contributed by atoms with E-state index in [1.807, 2.05) is 30.3 Å². The van der Waals surface area contributed by atoms with E-state index < -0.39 is 10.8 Å². The molecule has 0 saturated carbocycles. The average Bonchev–Trinajstić information content (AvgIpc) is 3.09. The number of rotatable bonds is 7. The molecule has 0 aliphatic carbocycles. The maximum atomic E-state index is 12.9. The molecule has 1 heterocycles. The molecule has 3 aromatic rings. The first-order chi connectivity index (χ1) is 12.1. The van der Waals surface area contributed by atoms with Gasteiger partial charge < -0.3 is 22.0 Å². The van der Waals surface area contributed by atoms with E-state index in [1.54, 1.807) is 0 Å². The van der Waals surface area contributed by atoms with Crippen LogP contribution in [0.25, 0.3) is 11.0 Å². The number of nitrogens with one attached hydrogen (secondary N) is 1. The van der Waals surface area contributed by atoms with Gasteiger partial charge in [-0.15, -0.1) is 0 Å². The molecule has 6 heteroatoms. The zero-order chi connectivity index (χ0) is 17.9. The van der Waals surface area contributed by atoms with E-state index in [0.29, 0.717) is 10.9 Å². The van der Waals surface area contributed by atoms with Gasteiger partial charge >= 0.3 is 0 Å². The summed E-state index contributed by atoms with van der Waals surface area (Å²) in [6.45, 7) is 9.75. The van der Waals surface area contributed by atoms with Gasteiger partial charge in [-0.05, 0) is 39.0 Å². The Morgan fingerprint density at radius 1 is 0.962 bits per heavy atom. The van der Waals surface area contributed by atoms with E-state index in [4.69, 9.17) is 0 Å². The van der Waals surface area contributed by atoms with Gasteiger partial charge in [0.25, 0.3) is 0 Å². The van der Waals surface area contributed by atoms with Crippen molar-refractivity contribution in [1.29, 1.82) is 0 Å². The van der Waals surface area contributed by atoms with Crippen molar-refractivity contribution >= 4 is 27.5 Å². The molecular weight excluding hydrogens is 410 g/mol. The molecule has 4 nitrogen and oxygen atoms in total. The van der Waals surface area contributed by atoms with Gasteiger partial charge in [-0.25, -0.2) is 4.98 Å². The quantitative estimate of drug-likeness (QED) is 0.567. The summed E-state index contributed by atoms with van der Waals surface area (Å²) in [4.78, 5) is 7.70. The van der Waals surface area contributed by atoms with Crippen molar-refractivity contribution < 1.29 is 21.2 Å². The Kier molecular flexibility index (Phi) is 7.15. The second-order valence-electron chi connectivity index (χ2n) is 6.27. The fraction of sp³-hybridized carbons (Fsp3) is 0.350. The number of halogens is 1. The van der Waals surface area contributed by atoms with Crippen molar-refractivity contribution in [2.75, 3.05) is 19.6 Å². The Morgan fingerprint density at radius 2 is 1.58 bits per heavy atom. The summed E-state index contributed by atoms with van der Waals surface area (Å²) in [7, 11) is -1.19. The minimum absolute atomic E-state index is 0. The van der Waals surface area contributed by atoms with Crippen LogP contribution >= 0.6 is 0 Å². The fourth-order valence-electron chi connectivity index (χ4n) is 3.52. The maximum absolute atomic E-state index is 12.9. The molecule has 140 valence electrons. The second kappa shape index (κ2) is 8.93. The zero-order valence-corrected chi connectivity index (χ0v) is 17.9. The van der Waals surface area contributed by atoms with Crippen molar-refractivity contribution in [2.24, 2.45) is 0 Å². The molecule has 1 aromatic heterocycles. The average molecular weight is 436 g/mol. The summed E-state index contributed by atoms with van der Waals surface area (Å²) in [5.74, 6) is 0.482. The molecule has 0 bridgehead atoms. The molecule has 26 heavy (non-hydrogen) atoms. The number of fused-ring (bicyclic) bond motifs is 1. The summed E-state index contributed by atoms with van der Waals surface area (Å²) in [5.41, 5.74) is 4.21. The second-order valence-corrected chi connectivity index (χ2v) is 7.64. The van der Waals surface area contributed by atoms with Crippen LogP contribution in [-0.2, 0) is 16.6 Å². The Balaban J connectivity index is 0.00000243. The fourth-order valence-corrected chi connectivity index (χ4v) is 4.61. The van der Waals surface area contributed by atoms with Crippen molar-refractivity contribution in [3.8, 4) is 0 Å². The smallest absolute Gasteiger partial charge is 0.197 e. The van der Waals surface area contributed by atoms with Gasteiger partial charge in [0.2, 0.25) is 0 Å². The van der Waals surface area contributed by atoms with Crippen LogP contribution in [0.15, 0.2) is 53.7 Å². The SMILES string of the molecule is CC[N+](CC)(CC)c1ccccc1CS(=O)c1nc2ccccc2[nH]1.[Br-]. The third-order valence-corrected chi connectivity index (χ3v) is 6.39. The first-order valence-electron chi connectivity index (χ1n) is 8.91. The summed E-state index contributed by atoms with van der Waals surface area (Å²) in [5, 5.41) is 0.554.